The Morgan fingerprint density at radius 1 is 1.22 bits per heavy atom. The van der Waals surface area contributed by atoms with Crippen LogP contribution in [0.25, 0.3) is 0 Å². The van der Waals surface area contributed by atoms with Gasteiger partial charge in [-0.1, -0.05) is 23.7 Å². The lowest BCUT2D eigenvalue weighted by Crippen LogP contribution is -2.61. The summed E-state index contributed by atoms with van der Waals surface area (Å²) in [7, 11) is 0. The van der Waals surface area contributed by atoms with E-state index in [1.54, 1.807) is 29.2 Å². The van der Waals surface area contributed by atoms with Crippen LogP contribution in [0.3, 0.4) is 0 Å². The highest BCUT2D eigenvalue weighted by molar-refractivity contribution is 7.16. The van der Waals surface area contributed by atoms with Gasteiger partial charge in [-0.15, -0.1) is 11.3 Å². The van der Waals surface area contributed by atoms with Crippen molar-refractivity contribution >= 4 is 34.8 Å². The Balaban J connectivity index is 1.39. The number of nitrogens with zero attached hydrogens (tertiary/aromatic N) is 1. The molecule has 3 heterocycles. The van der Waals surface area contributed by atoms with E-state index < -0.39 is 12.1 Å². The number of amides is 2. The predicted octanol–water partition coefficient (Wildman–Crippen LogP) is 1.91. The normalized spacial score (nSPS) is 24.8. The number of piperazine rings is 1. The second-order valence-electron chi connectivity index (χ2n) is 6.96. The van der Waals surface area contributed by atoms with Crippen LogP contribution < -0.4 is 10.6 Å². The largest absolute Gasteiger partial charge is 0.508 e. The molecule has 6 nitrogen and oxygen atoms in total. The maximum absolute atomic E-state index is 12.9. The van der Waals surface area contributed by atoms with Crippen LogP contribution in [0.15, 0.2) is 36.4 Å². The van der Waals surface area contributed by atoms with Crippen LogP contribution in [0.4, 0.5) is 0 Å². The number of halogens is 1. The SMILES string of the molecule is O=C1N[C@H](Cc2ccc(O)cc2)C(=O)N2C[C@@H](NCc3ccc(Cl)s3)C[C@@H]12. The first-order chi connectivity index (χ1) is 13.0. The van der Waals surface area contributed by atoms with Crippen molar-refractivity contribution in [3.05, 3.63) is 51.2 Å². The van der Waals surface area contributed by atoms with E-state index in [-0.39, 0.29) is 23.6 Å². The first-order valence-corrected chi connectivity index (χ1v) is 10.1. The van der Waals surface area contributed by atoms with E-state index in [0.29, 0.717) is 25.9 Å². The van der Waals surface area contributed by atoms with E-state index in [1.807, 2.05) is 12.1 Å². The number of carbonyl (C=O) groups excluding carboxylic acids is 2. The molecule has 0 bridgehead atoms. The average molecular weight is 406 g/mol. The fraction of sp³-hybridized carbons (Fsp3) is 0.368. The van der Waals surface area contributed by atoms with Gasteiger partial charge in [0.05, 0.1) is 4.34 Å². The van der Waals surface area contributed by atoms with E-state index >= 15 is 0 Å². The molecule has 27 heavy (non-hydrogen) atoms. The number of phenols is 1. The summed E-state index contributed by atoms with van der Waals surface area (Å²) >= 11 is 7.48. The van der Waals surface area contributed by atoms with Crippen molar-refractivity contribution in [2.24, 2.45) is 0 Å². The number of benzene rings is 1. The van der Waals surface area contributed by atoms with Crippen molar-refractivity contribution in [3.8, 4) is 5.75 Å². The van der Waals surface area contributed by atoms with Gasteiger partial charge < -0.3 is 20.6 Å². The predicted molar refractivity (Wildman–Crippen MR) is 104 cm³/mol. The van der Waals surface area contributed by atoms with E-state index in [9.17, 15) is 14.7 Å². The van der Waals surface area contributed by atoms with Crippen molar-refractivity contribution in [3.63, 3.8) is 0 Å². The number of nitrogens with one attached hydrogen (secondary N) is 2. The van der Waals surface area contributed by atoms with Crippen molar-refractivity contribution in [2.45, 2.75) is 37.5 Å². The van der Waals surface area contributed by atoms with Crippen LogP contribution in [0, 0.1) is 0 Å². The number of phenolic OH excluding ortho intramolecular Hbond substituents is 1. The zero-order valence-corrected chi connectivity index (χ0v) is 16.1. The Hall–Kier alpha value is -2.09. The molecule has 8 heteroatoms. The zero-order valence-electron chi connectivity index (χ0n) is 14.5. The minimum atomic E-state index is -0.562. The highest BCUT2D eigenvalue weighted by atomic mass is 35.5. The lowest BCUT2D eigenvalue weighted by atomic mass is 10.0. The summed E-state index contributed by atoms with van der Waals surface area (Å²) in [5.41, 5.74) is 0.897. The van der Waals surface area contributed by atoms with Gasteiger partial charge in [0.1, 0.15) is 17.8 Å². The van der Waals surface area contributed by atoms with Crippen LogP contribution in [-0.2, 0) is 22.6 Å². The van der Waals surface area contributed by atoms with Crippen molar-refractivity contribution < 1.29 is 14.7 Å². The van der Waals surface area contributed by atoms with Crippen LogP contribution >= 0.6 is 22.9 Å². The number of carbonyl (C=O) groups is 2. The number of thiophene rings is 1. The molecular weight excluding hydrogens is 386 g/mol. The summed E-state index contributed by atoms with van der Waals surface area (Å²) in [6.45, 7) is 1.21. The van der Waals surface area contributed by atoms with Gasteiger partial charge in [0, 0.05) is 30.4 Å². The molecule has 2 aliphatic rings. The molecule has 1 aromatic heterocycles. The smallest absolute Gasteiger partial charge is 0.246 e. The molecule has 3 N–H and O–H groups in total. The summed E-state index contributed by atoms with van der Waals surface area (Å²) in [5, 5.41) is 15.7. The summed E-state index contributed by atoms with van der Waals surface area (Å²) in [4.78, 5) is 28.2. The fourth-order valence-corrected chi connectivity index (χ4v) is 4.74. The van der Waals surface area contributed by atoms with Gasteiger partial charge >= 0.3 is 0 Å². The van der Waals surface area contributed by atoms with Gasteiger partial charge in [0.15, 0.2) is 0 Å². The lowest BCUT2D eigenvalue weighted by molar-refractivity contribution is -0.147. The molecule has 0 unspecified atom stereocenters. The van der Waals surface area contributed by atoms with Gasteiger partial charge in [0.2, 0.25) is 11.8 Å². The molecule has 0 saturated carbocycles. The van der Waals surface area contributed by atoms with Crippen LogP contribution in [0.1, 0.15) is 16.9 Å². The molecule has 2 aliphatic heterocycles. The summed E-state index contributed by atoms with van der Waals surface area (Å²) in [6.07, 6.45) is 1.03. The topological polar surface area (TPSA) is 81.7 Å². The van der Waals surface area contributed by atoms with E-state index in [1.165, 1.54) is 11.3 Å². The van der Waals surface area contributed by atoms with Crippen molar-refractivity contribution in [2.75, 3.05) is 6.54 Å². The van der Waals surface area contributed by atoms with Gasteiger partial charge in [-0.3, -0.25) is 9.59 Å². The van der Waals surface area contributed by atoms with E-state index in [4.69, 9.17) is 11.6 Å². The Kier molecular flexibility index (Phi) is 5.08. The molecule has 2 aromatic rings. The molecule has 0 spiro atoms. The number of hydrogen-bond donors (Lipinski definition) is 3. The quantitative estimate of drug-likeness (QED) is 0.709. The second-order valence-corrected chi connectivity index (χ2v) is 8.76. The van der Waals surface area contributed by atoms with Gasteiger partial charge in [-0.25, -0.2) is 0 Å². The second kappa shape index (κ2) is 7.50. The average Bonchev–Trinajstić information content (AvgIpc) is 3.26. The molecule has 3 atom stereocenters. The number of fused-ring (bicyclic) bond motifs is 1. The summed E-state index contributed by atoms with van der Waals surface area (Å²) < 4.78 is 0.752. The fourth-order valence-electron chi connectivity index (χ4n) is 3.70. The molecule has 4 rings (SSSR count). The summed E-state index contributed by atoms with van der Waals surface area (Å²) in [5.74, 6) is 0.0382. The van der Waals surface area contributed by atoms with E-state index in [2.05, 4.69) is 10.6 Å². The molecule has 2 amide bonds. The van der Waals surface area contributed by atoms with E-state index in [0.717, 1.165) is 14.8 Å². The van der Waals surface area contributed by atoms with Crippen molar-refractivity contribution in [1.82, 2.24) is 15.5 Å². The lowest BCUT2D eigenvalue weighted by Gasteiger charge is -2.34. The Labute approximate surface area is 166 Å². The minimum absolute atomic E-state index is 0.0452. The first-order valence-electron chi connectivity index (χ1n) is 8.86. The third-order valence-electron chi connectivity index (χ3n) is 5.07. The highest BCUT2D eigenvalue weighted by Gasteiger charge is 2.46. The highest BCUT2D eigenvalue weighted by Crippen LogP contribution is 2.26. The summed E-state index contributed by atoms with van der Waals surface area (Å²) in [6, 6.07) is 9.66. The monoisotopic (exact) mass is 405 g/mol. The molecule has 2 saturated heterocycles. The Bertz CT molecular complexity index is 854. The van der Waals surface area contributed by atoms with Gasteiger partial charge in [-0.05, 0) is 36.2 Å². The van der Waals surface area contributed by atoms with Gasteiger partial charge in [-0.2, -0.15) is 0 Å². The van der Waals surface area contributed by atoms with Crippen molar-refractivity contribution in [1.29, 1.82) is 0 Å². The molecule has 142 valence electrons. The number of aromatic hydroxyl groups is 1. The number of hydrogen-bond acceptors (Lipinski definition) is 5. The molecular formula is C19H20ClN3O3S. The Morgan fingerprint density at radius 3 is 2.70 bits per heavy atom. The number of rotatable bonds is 5. The van der Waals surface area contributed by atoms with Gasteiger partial charge in [0.25, 0.3) is 0 Å². The standard InChI is InChI=1S/C19H20ClN3O3S/c20-17-6-5-14(27-17)9-21-12-8-16-18(25)22-15(19(26)23(16)10-12)7-11-1-3-13(24)4-2-11/h1-6,12,15-16,21,24H,7-10H2,(H,22,25)/t12-,15+,16-/m0/s1. The zero-order chi connectivity index (χ0) is 19.0. The van der Waals surface area contributed by atoms with Crippen LogP contribution in [-0.4, -0.2) is 46.5 Å². The molecule has 0 aliphatic carbocycles. The third-order valence-corrected chi connectivity index (χ3v) is 6.30. The molecule has 1 aromatic carbocycles. The first kappa shape index (κ1) is 18.3. The molecule has 2 fully saturated rings. The maximum Gasteiger partial charge on any atom is 0.246 e. The third kappa shape index (κ3) is 3.95. The molecule has 0 radical (unpaired) electrons. The maximum atomic E-state index is 12.9. The van der Waals surface area contributed by atoms with Crippen LogP contribution in [0.5, 0.6) is 5.75 Å². The minimum Gasteiger partial charge on any atom is -0.508 e. The van der Waals surface area contributed by atoms with Crippen LogP contribution in [0.2, 0.25) is 4.34 Å². The Morgan fingerprint density at radius 2 is 2.00 bits per heavy atom.